The van der Waals surface area contributed by atoms with E-state index in [1.54, 1.807) is 28.6 Å². The zero-order valence-corrected chi connectivity index (χ0v) is 17.7. The standard InChI is InChI=1S/C24H26N2O3S/c27-24(17-20-8-11-21-6-2-3-7-22(21)16-20)25-18-19-9-12-23(13-10-19)30(28,29)26-14-4-1-5-15-26/h2-3,6-13,16H,1,4-5,14-15,17-18H2,(H,25,27). The molecule has 30 heavy (non-hydrogen) atoms. The summed E-state index contributed by atoms with van der Waals surface area (Å²) in [5, 5.41) is 5.19. The Morgan fingerprint density at radius 3 is 2.23 bits per heavy atom. The first-order valence-electron chi connectivity index (χ1n) is 10.4. The molecule has 1 aliphatic rings. The molecule has 1 heterocycles. The van der Waals surface area contributed by atoms with Crippen molar-refractivity contribution in [1.29, 1.82) is 0 Å². The van der Waals surface area contributed by atoms with Crippen LogP contribution in [0.2, 0.25) is 0 Å². The van der Waals surface area contributed by atoms with E-state index in [4.69, 9.17) is 0 Å². The van der Waals surface area contributed by atoms with Crippen LogP contribution in [0.3, 0.4) is 0 Å². The van der Waals surface area contributed by atoms with Crippen LogP contribution in [0.15, 0.2) is 71.6 Å². The summed E-state index contributed by atoms with van der Waals surface area (Å²) in [6, 6.07) is 20.9. The van der Waals surface area contributed by atoms with Gasteiger partial charge in [0.1, 0.15) is 0 Å². The number of sulfonamides is 1. The van der Waals surface area contributed by atoms with Crippen LogP contribution in [0.4, 0.5) is 0 Å². The lowest BCUT2D eigenvalue weighted by atomic mass is 10.0. The van der Waals surface area contributed by atoms with Gasteiger partial charge in [0.15, 0.2) is 0 Å². The van der Waals surface area contributed by atoms with Gasteiger partial charge >= 0.3 is 0 Å². The van der Waals surface area contributed by atoms with E-state index in [0.29, 0.717) is 31.0 Å². The molecule has 3 aromatic carbocycles. The summed E-state index contributed by atoms with van der Waals surface area (Å²) >= 11 is 0. The number of fused-ring (bicyclic) bond motifs is 1. The number of hydrogen-bond donors (Lipinski definition) is 1. The van der Waals surface area contributed by atoms with Gasteiger partial charge in [-0.15, -0.1) is 0 Å². The smallest absolute Gasteiger partial charge is 0.243 e. The van der Waals surface area contributed by atoms with Gasteiger partial charge in [-0.1, -0.05) is 61.0 Å². The van der Waals surface area contributed by atoms with Crippen molar-refractivity contribution in [3.63, 3.8) is 0 Å². The highest BCUT2D eigenvalue weighted by Gasteiger charge is 2.25. The molecule has 0 saturated carbocycles. The summed E-state index contributed by atoms with van der Waals surface area (Å²) in [6.07, 6.45) is 3.23. The molecule has 1 N–H and O–H groups in total. The number of piperidine rings is 1. The number of hydrogen-bond acceptors (Lipinski definition) is 3. The second kappa shape index (κ2) is 8.98. The average molecular weight is 423 g/mol. The Kier molecular flexibility index (Phi) is 6.16. The maximum Gasteiger partial charge on any atom is 0.243 e. The van der Waals surface area contributed by atoms with Crippen LogP contribution in [0.1, 0.15) is 30.4 Å². The highest BCUT2D eigenvalue weighted by atomic mass is 32.2. The van der Waals surface area contributed by atoms with E-state index in [9.17, 15) is 13.2 Å². The Bertz CT molecular complexity index is 1130. The number of carbonyl (C=O) groups is 1. The maximum atomic E-state index is 12.7. The molecular formula is C24H26N2O3S. The van der Waals surface area contributed by atoms with Gasteiger partial charge in [-0.25, -0.2) is 8.42 Å². The Labute approximate surface area is 177 Å². The quantitative estimate of drug-likeness (QED) is 0.656. The molecule has 1 amide bonds. The van der Waals surface area contributed by atoms with Crippen molar-refractivity contribution in [1.82, 2.24) is 9.62 Å². The zero-order valence-electron chi connectivity index (χ0n) is 16.9. The first-order chi connectivity index (χ1) is 14.5. The van der Waals surface area contributed by atoms with Crippen molar-refractivity contribution in [3.8, 4) is 0 Å². The van der Waals surface area contributed by atoms with E-state index in [1.807, 2.05) is 42.5 Å². The highest BCUT2D eigenvalue weighted by molar-refractivity contribution is 7.89. The summed E-state index contributed by atoms with van der Waals surface area (Å²) in [6.45, 7) is 1.56. The van der Waals surface area contributed by atoms with Crippen LogP contribution >= 0.6 is 0 Å². The minimum absolute atomic E-state index is 0.0599. The predicted molar refractivity (Wildman–Crippen MR) is 119 cm³/mol. The first kappa shape index (κ1) is 20.6. The number of nitrogens with zero attached hydrogens (tertiary/aromatic N) is 1. The van der Waals surface area contributed by atoms with E-state index in [-0.39, 0.29) is 5.91 Å². The molecule has 0 unspecified atom stereocenters. The monoisotopic (exact) mass is 422 g/mol. The molecule has 4 rings (SSSR count). The maximum absolute atomic E-state index is 12.7. The minimum atomic E-state index is -3.42. The number of benzene rings is 3. The number of rotatable bonds is 6. The van der Waals surface area contributed by atoms with E-state index in [1.165, 1.54) is 0 Å². The van der Waals surface area contributed by atoms with Gasteiger partial charge in [-0.3, -0.25) is 4.79 Å². The lowest BCUT2D eigenvalue weighted by Gasteiger charge is -2.25. The molecule has 1 fully saturated rings. The molecule has 0 radical (unpaired) electrons. The van der Waals surface area contributed by atoms with Gasteiger partial charge in [-0.05, 0) is 46.9 Å². The fourth-order valence-corrected chi connectivity index (χ4v) is 5.35. The zero-order chi connectivity index (χ0) is 21.0. The summed E-state index contributed by atoms with van der Waals surface area (Å²) in [5.41, 5.74) is 1.84. The van der Waals surface area contributed by atoms with Crippen LogP contribution in [0, 0.1) is 0 Å². The lowest BCUT2D eigenvalue weighted by Crippen LogP contribution is -2.35. The third-order valence-electron chi connectivity index (χ3n) is 5.54. The molecule has 3 aromatic rings. The van der Waals surface area contributed by atoms with Crippen molar-refractivity contribution in [2.45, 2.75) is 37.1 Å². The molecule has 0 atom stereocenters. The molecule has 156 valence electrons. The van der Waals surface area contributed by atoms with E-state index in [0.717, 1.165) is 41.2 Å². The van der Waals surface area contributed by atoms with Crippen molar-refractivity contribution in [3.05, 3.63) is 77.9 Å². The largest absolute Gasteiger partial charge is 0.352 e. The second-order valence-electron chi connectivity index (χ2n) is 7.74. The summed E-state index contributed by atoms with van der Waals surface area (Å²) in [7, 11) is -3.42. The Morgan fingerprint density at radius 2 is 1.50 bits per heavy atom. The Balaban J connectivity index is 1.34. The fraction of sp³-hybridized carbons (Fsp3) is 0.292. The van der Waals surface area contributed by atoms with Gasteiger partial charge in [0.05, 0.1) is 11.3 Å². The molecule has 0 spiro atoms. The molecular weight excluding hydrogens is 396 g/mol. The minimum Gasteiger partial charge on any atom is -0.352 e. The topological polar surface area (TPSA) is 66.5 Å². The Morgan fingerprint density at radius 1 is 0.833 bits per heavy atom. The summed E-state index contributed by atoms with van der Waals surface area (Å²) in [4.78, 5) is 12.7. The third-order valence-corrected chi connectivity index (χ3v) is 7.46. The van der Waals surface area contributed by atoms with E-state index in [2.05, 4.69) is 5.32 Å². The van der Waals surface area contributed by atoms with Gasteiger partial charge in [-0.2, -0.15) is 4.31 Å². The normalized spacial score (nSPS) is 15.2. The van der Waals surface area contributed by atoms with Crippen LogP contribution < -0.4 is 5.32 Å². The van der Waals surface area contributed by atoms with Crippen LogP contribution in [0.25, 0.3) is 10.8 Å². The van der Waals surface area contributed by atoms with Gasteiger partial charge in [0.25, 0.3) is 0 Å². The van der Waals surface area contributed by atoms with Crippen LogP contribution in [-0.4, -0.2) is 31.7 Å². The third kappa shape index (κ3) is 4.71. The van der Waals surface area contributed by atoms with Crippen molar-refractivity contribution in [2.75, 3.05) is 13.1 Å². The molecule has 0 aliphatic carbocycles. The van der Waals surface area contributed by atoms with Crippen molar-refractivity contribution >= 4 is 26.7 Å². The average Bonchev–Trinajstić information content (AvgIpc) is 2.78. The summed E-state index contributed by atoms with van der Waals surface area (Å²) < 4.78 is 27.0. The first-order valence-corrected chi connectivity index (χ1v) is 11.8. The molecule has 5 nitrogen and oxygen atoms in total. The number of amides is 1. The number of nitrogens with one attached hydrogen (secondary N) is 1. The predicted octanol–water partition coefficient (Wildman–Crippen LogP) is 3.87. The molecule has 0 bridgehead atoms. The molecule has 1 aliphatic heterocycles. The fourth-order valence-electron chi connectivity index (χ4n) is 3.83. The van der Waals surface area contributed by atoms with Gasteiger partial charge in [0, 0.05) is 19.6 Å². The Hall–Kier alpha value is -2.70. The van der Waals surface area contributed by atoms with Crippen LogP contribution in [0.5, 0.6) is 0 Å². The van der Waals surface area contributed by atoms with Gasteiger partial charge < -0.3 is 5.32 Å². The SMILES string of the molecule is O=C(Cc1ccc2ccccc2c1)NCc1ccc(S(=O)(=O)N2CCCCC2)cc1. The number of carbonyl (C=O) groups excluding carboxylic acids is 1. The summed E-state index contributed by atoms with van der Waals surface area (Å²) in [5.74, 6) is -0.0599. The van der Waals surface area contributed by atoms with Crippen molar-refractivity contribution < 1.29 is 13.2 Å². The second-order valence-corrected chi connectivity index (χ2v) is 9.68. The molecule has 6 heteroatoms. The molecule has 0 aromatic heterocycles. The van der Waals surface area contributed by atoms with Crippen molar-refractivity contribution in [2.24, 2.45) is 0 Å². The van der Waals surface area contributed by atoms with E-state index >= 15 is 0 Å². The van der Waals surface area contributed by atoms with Crippen LogP contribution in [-0.2, 0) is 27.8 Å². The van der Waals surface area contributed by atoms with E-state index < -0.39 is 10.0 Å². The highest BCUT2D eigenvalue weighted by Crippen LogP contribution is 2.21. The lowest BCUT2D eigenvalue weighted by molar-refractivity contribution is -0.120. The van der Waals surface area contributed by atoms with Gasteiger partial charge in [0.2, 0.25) is 15.9 Å². The molecule has 1 saturated heterocycles.